The van der Waals surface area contributed by atoms with E-state index in [4.69, 9.17) is 11.6 Å². The Morgan fingerprint density at radius 1 is 1.00 bits per heavy atom. The Kier molecular flexibility index (Phi) is 6.38. The van der Waals surface area contributed by atoms with Crippen molar-refractivity contribution in [1.82, 2.24) is 10.2 Å². The van der Waals surface area contributed by atoms with Crippen LogP contribution in [-0.2, 0) is 22.7 Å². The molecule has 0 unspecified atom stereocenters. The number of hydrogen-bond donors (Lipinski definition) is 1. The fourth-order valence-corrected chi connectivity index (χ4v) is 2.35. The van der Waals surface area contributed by atoms with Crippen molar-refractivity contribution in [2.24, 2.45) is 0 Å². The third kappa shape index (κ3) is 5.70. The maximum atomic E-state index is 12.1. The van der Waals surface area contributed by atoms with E-state index in [0.29, 0.717) is 18.1 Å². The fourth-order valence-electron chi connectivity index (χ4n) is 2.22. The van der Waals surface area contributed by atoms with Crippen LogP contribution in [0, 0.1) is 6.92 Å². The average molecular weight is 345 g/mol. The molecule has 2 amide bonds. The molecule has 126 valence electrons. The average Bonchev–Trinajstić information content (AvgIpc) is 2.55. The van der Waals surface area contributed by atoms with E-state index in [2.05, 4.69) is 5.32 Å². The Labute approximate surface area is 147 Å². The summed E-state index contributed by atoms with van der Waals surface area (Å²) in [5, 5.41) is 3.48. The Bertz CT molecular complexity index is 696. The van der Waals surface area contributed by atoms with E-state index in [1.807, 2.05) is 43.3 Å². The molecule has 2 aromatic rings. The zero-order chi connectivity index (χ0) is 17.5. The van der Waals surface area contributed by atoms with Gasteiger partial charge in [-0.2, -0.15) is 0 Å². The molecule has 0 spiro atoms. The van der Waals surface area contributed by atoms with Crippen LogP contribution in [0.4, 0.5) is 0 Å². The molecule has 0 bridgehead atoms. The summed E-state index contributed by atoms with van der Waals surface area (Å²) in [5.74, 6) is -0.315. The summed E-state index contributed by atoms with van der Waals surface area (Å²) in [6.07, 6.45) is 0. The lowest BCUT2D eigenvalue weighted by Gasteiger charge is -2.20. The highest BCUT2D eigenvalue weighted by atomic mass is 35.5. The molecule has 0 aliphatic heterocycles. The maximum Gasteiger partial charge on any atom is 0.239 e. The lowest BCUT2D eigenvalue weighted by atomic mass is 10.1. The van der Waals surface area contributed by atoms with Crippen molar-refractivity contribution in [3.63, 3.8) is 0 Å². The smallest absolute Gasteiger partial charge is 0.239 e. The molecule has 0 aromatic heterocycles. The summed E-state index contributed by atoms with van der Waals surface area (Å²) in [5.41, 5.74) is 3.12. The topological polar surface area (TPSA) is 49.4 Å². The van der Waals surface area contributed by atoms with E-state index in [1.54, 1.807) is 12.1 Å². The quantitative estimate of drug-likeness (QED) is 0.874. The van der Waals surface area contributed by atoms with Gasteiger partial charge in [-0.05, 0) is 30.2 Å². The molecule has 2 rings (SSSR count). The predicted molar refractivity (Wildman–Crippen MR) is 95.6 cm³/mol. The van der Waals surface area contributed by atoms with E-state index >= 15 is 0 Å². The first-order valence-corrected chi connectivity index (χ1v) is 8.14. The molecule has 24 heavy (non-hydrogen) atoms. The van der Waals surface area contributed by atoms with Gasteiger partial charge in [-0.1, -0.05) is 53.6 Å². The number of amides is 2. The van der Waals surface area contributed by atoms with E-state index in [-0.39, 0.29) is 18.4 Å². The summed E-state index contributed by atoms with van der Waals surface area (Å²) in [6, 6.07) is 15.2. The second-order valence-electron chi connectivity index (χ2n) is 5.76. The maximum absolute atomic E-state index is 12.1. The zero-order valence-corrected chi connectivity index (χ0v) is 14.6. The number of halogens is 1. The monoisotopic (exact) mass is 344 g/mol. The molecule has 4 nitrogen and oxygen atoms in total. The standard InChI is InChI=1S/C19H21ClN2O2/c1-14-3-5-17(6-4-14)12-22(15(2)23)13-19(24)21-11-16-7-9-18(20)10-8-16/h3-10H,11-13H2,1-2H3,(H,21,24). The number of nitrogens with one attached hydrogen (secondary N) is 1. The van der Waals surface area contributed by atoms with E-state index in [1.165, 1.54) is 11.8 Å². The highest BCUT2D eigenvalue weighted by Gasteiger charge is 2.14. The normalized spacial score (nSPS) is 10.3. The molecule has 1 N–H and O–H groups in total. The van der Waals surface area contributed by atoms with Crippen molar-refractivity contribution < 1.29 is 9.59 Å². The lowest BCUT2D eigenvalue weighted by molar-refractivity contribution is -0.135. The SMILES string of the molecule is CC(=O)N(CC(=O)NCc1ccc(Cl)cc1)Cc1ccc(C)cc1. The van der Waals surface area contributed by atoms with Gasteiger partial charge in [0.1, 0.15) is 0 Å². The summed E-state index contributed by atoms with van der Waals surface area (Å²) in [4.78, 5) is 25.4. The minimum atomic E-state index is -0.188. The van der Waals surface area contributed by atoms with Gasteiger partial charge in [-0.3, -0.25) is 9.59 Å². The van der Waals surface area contributed by atoms with Crippen molar-refractivity contribution in [2.45, 2.75) is 26.9 Å². The molecule has 0 aliphatic carbocycles. The van der Waals surface area contributed by atoms with E-state index in [0.717, 1.165) is 16.7 Å². The van der Waals surface area contributed by atoms with Crippen LogP contribution in [0.15, 0.2) is 48.5 Å². The molecule has 0 atom stereocenters. The minimum absolute atomic E-state index is 0.0385. The predicted octanol–water partition coefficient (Wildman–Crippen LogP) is 3.31. The zero-order valence-electron chi connectivity index (χ0n) is 13.9. The van der Waals surface area contributed by atoms with Crippen LogP contribution in [0.1, 0.15) is 23.6 Å². The van der Waals surface area contributed by atoms with Gasteiger partial charge in [-0.25, -0.2) is 0 Å². The Morgan fingerprint density at radius 3 is 2.17 bits per heavy atom. The second-order valence-corrected chi connectivity index (χ2v) is 6.20. The van der Waals surface area contributed by atoms with Crippen molar-refractivity contribution in [3.8, 4) is 0 Å². The van der Waals surface area contributed by atoms with Crippen LogP contribution >= 0.6 is 11.6 Å². The van der Waals surface area contributed by atoms with Crippen LogP contribution in [0.25, 0.3) is 0 Å². The second kappa shape index (κ2) is 8.50. The van der Waals surface area contributed by atoms with Gasteiger partial charge in [0, 0.05) is 25.0 Å². The van der Waals surface area contributed by atoms with Gasteiger partial charge in [0.25, 0.3) is 0 Å². The van der Waals surface area contributed by atoms with Crippen LogP contribution in [0.5, 0.6) is 0 Å². The van der Waals surface area contributed by atoms with Gasteiger partial charge in [-0.15, -0.1) is 0 Å². The van der Waals surface area contributed by atoms with Gasteiger partial charge in [0.15, 0.2) is 0 Å². The fraction of sp³-hybridized carbons (Fsp3) is 0.263. The van der Waals surface area contributed by atoms with Gasteiger partial charge in [0.2, 0.25) is 11.8 Å². The third-order valence-electron chi connectivity index (χ3n) is 3.68. The van der Waals surface area contributed by atoms with Crippen molar-refractivity contribution >= 4 is 23.4 Å². The number of hydrogen-bond acceptors (Lipinski definition) is 2. The number of benzene rings is 2. The lowest BCUT2D eigenvalue weighted by Crippen LogP contribution is -2.39. The molecular formula is C19H21ClN2O2. The molecule has 5 heteroatoms. The Balaban J connectivity index is 1.89. The number of rotatable bonds is 6. The van der Waals surface area contributed by atoms with E-state index in [9.17, 15) is 9.59 Å². The summed E-state index contributed by atoms with van der Waals surface area (Å²) in [6.45, 7) is 4.35. The van der Waals surface area contributed by atoms with Crippen LogP contribution in [0.2, 0.25) is 5.02 Å². The largest absolute Gasteiger partial charge is 0.350 e. The number of nitrogens with zero attached hydrogens (tertiary/aromatic N) is 1. The summed E-state index contributed by atoms with van der Waals surface area (Å²) in [7, 11) is 0. The van der Waals surface area contributed by atoms with Crippen LogP contribution in [0.3, 0.4) is 0 Å². The molecule has 0 aliphatic rings. The molecule has 0 saturated heterocycles. The molecule has 0 fully saturated rings. The minimum Gasteiger partial charge on any atom is -0.350 e. The van der Waals surface area contributed by atoms with Gasteiger partial charge in [0.05, 0.1) is 6.54 Å². The first-order chi connectivity index (χ1) is 11.4. The highest BCUT2D eigenvalue weighted by Crippen LogP contribution is 2.10. The molecular weight excluding hydrogens is 324 g/mol. The molecule has 2 aromatic carbocycles. The third-order valence-corrected chi connectivity index (χ3v) is 3.93. The first kappa shape index (κ1) is 18.0. The summed E-state index contributed by atoms with van der Waals surface area (Å²) >= 11 is 5.83. The number of aryl methyl sites for hydroxylation is 1. The summed E-state index contributed by atoms with van der Waals surface area (Å²) < 4.78 is 0. The van der Waals surface area contributed by atoms with Crippen LogP contribution in [-0.4, -0.2) is 23.3 Å². The van der Waals surface area contributed by atoms with Crippen molar-refractivity contribution in [1.29, 1.82) is 0 Å². The molecule has 0 heterocycles. The highest BCUT2D eigenvalue weighted by molar-refractivity contribution is 6.30. The molecule has 0 saturated carbocycles. The molecule has 0 radical (unpaired) electrons. The van der Waals surface area contributed by atoms with E-state index < -0.39 is 0 Å². The Hall–Kier alpha value is -2.33. The van der Waals surface area contributed by atoms with Crippen molar-refractivity contribution in [2.75, 3.05) is 6.54 Å². The van der Waals surface area contributed by atoms with Gasteiger partial charge >= 0.3 is 0 Å². The number of carbonyl (C=O) groups is 2. The Morgan fingerprint density at radius 2 is 1.58 bits per heavy atom. The number of carbonyl (C=O) groups excluding carboxylic acids is 2. The first-order valence-electron chi connectivity index (χ1n) is 7.76. The van der Waals surface area contributed by atoms with Gasteiger partial charge < -0.3 is 10.2 Å². The van der Waals surface area contributed by atoms with Crippen LogP contribution < -0.4 is 5.32 Å². The van der Waals surface area contributed by atoms with Crippen molar-refractivity contribution in [3.05, 3.63) is 70.2 Å².